The van der Waals surface area contributed by atoms with Gasteiger partial charge in [0.25, 0.3) is 0 Å². The molecule has 0 saturated heterocycles. The second-order valence-electron chi connectivity index (χ2n) is 8.41. The first-order chi connectivity index (χ1) is 13.2. The molecule has 0 fully saturated rings. The van der Waals surface area contributed by atoms with Crippen molar-refractivity contribution in [2.24, 2.45) is 5.92 Å². The number of carbonyl (C=O) groups excluding carboxylic acids is 1. The second-order valence-corrected chi connectivity index (χ2v) is 8.41. The molecular weight excluding hydrogens is 356 g/mol. The largest absolute Gasteiger partial charge is 0.444 e. The highest BCUT2D eigenvalue weighted by atomic mass is 16.6. The van der Waals surface area contributed by atoms with Gasteiger partial charge in [0, 0.05) is 17.1 Å². The lowest BCUT2D eigenvalue weighted by molar-refractivity contribution is 0.0494. The van der Waals surface area contributed by atoms with E-state index in [0.29, 0.717) is 30.5 Å². The molecular formula is C21H28N4O3. The normalized spacial score (nSPS) is 13.1. The molecule has 0 saturated carbocycles. The van der Waals surface area contributed by atoms with E-state index in [4.69, 9.17) is 9.26 Å². The standard InChI is InChI=1S/C21H28N4O3/c1-13(2)10-17(23-20(26)27-21(3,4)5)19-24-18(28-25-19)11-14-12-22-16-9-7-6-8-15(14)16/h6-9,12-13,17,22H,10-11H2,1-5H3,(H,23,26)/t17-/m1/s1. The molecule has 2 aromatic heterocycles. The number of alkyl carbamates (subject to hydrolysis) is 1. The predicted molar refractivity (Wildman–Crippen MR) is 107 cm³/mol. The summed E-state index contributed by atoms with van der Waals surface area (Å²) in [5.41, 5.74) is 1.59. The first-order valence-corrected chi connectivity index (χ1v) is 9.58. The van der Waals surface area contributed by atoms with E-state index in [0.717, 1.165) is 16.5 Å². The van der Waals surface area contributed by atoms with Gasteiger partial charge in [-0.3, -0.25) is 0 Å². The van der Waals surface area contributed by atoms with Crippen LogP contribution >= 0.6 is 0 Å². The van der Waals surface area contributed by atoms with Crippen LogP contribution in [0.4, 0.5) is 4.79 Å². The number of aromatic amines is 1. The number of para-hydroxylation sites is 1. The van der Waals surface area contributed by atoms with Crippen LogP contribution in [0.15, 0.2) is 35.0 Å². The van der Waals surface area contributed by atoms with Crippen LogP contribution in [-0.2, 0) is 11.2 Å². The SMILES string of the molecule is CC(C)C[C@@H](NC(=O)OC(C)(C)C)c1noc(Cc2c[nH]c3ccccc23)n1. The lowest BCUT2D eigenvalue weighted by atomic mass is 10.0. The van der Waals surface area contributed by atoms with E-state index in [1.165, 1.54) is 0 Å². The number of hydrogen-bond donors (Lipinski definition) is 2. The quantitative estimate of drug-likeness (QED) is 0.639. The monoisotopic (exact) mass is 384 g/mol. The number of H-pyrrole nitrogens is 1. The van der Waals surface area contributed by atoms with Crippen molar-refractivity contribution in [3.05, 3.63) is 47.7 Å². The van der Waals surface area contributed by atoms with Crippen molar-refractivity contribution >= 4 is 17.0 Å². The Morgan fingerprint density at radius 2 is 2.04 bits per heavy atom. The van der Waals surface area contributed by atoms with Gasteiger partial charge >= 0.3 is 6.09 Å². The number of fused-ring (bicyclic) bond motifs is 1. The fraction of sp³-hybridized carbons (Fsp3) is 0.476. The van der Waals surface area contributed by atoms with Crippen LogP contribution in [0.3, 0.4) is 0 Å². The average molecular weight is 384 g/mol. The smallest absolute Gasteiger partial charge is 0.408 e. The van der Waals surface area contributed by atoms with Crippen LogP contribution in [0.1, 0.15) is 64.4 Å². The maximum absolute atomic E-state index is 12.2. The first kappa shape index (κ1) is 19.9. The van der Waals surface area contributed by atoms with E-state index in [9.17, 15) is 4.79 Å². The van der Waals surface area contributed by atoms with E-state index in [-0.39, 0.29) is 6.04 Å². The van der Waals surface area contributed by atoms with Gasteiger partial charge in [-0.05, 0) is 44.7 Å². The highest BCUT2D eigenvalue weighted by molar-refractivity contribution is 5.83. The molecule has 3 rings (SSSR count). The van der Waals surface area contributed by atoms with Crippen LogP contribution in [-0.4, -0.2) is 26.8 Å². The molecule has 1 aromatic carbocycles. The molecule has 1 amide bonds. The molecule has 28 heavy (non-hydrogen) atoms. The summed E-state index contributed by atoms with van der Waals surface area (Å²) in [6, 6.07) is 7.72. The molecule has 0 radical (unpaired) electrons. The van der Waals surface area contributed by atoms with Crippen LogP contribution in [0.2, 0.25) is 0 Å². The van der Waals surface area contributed by atoms with Crippen LogP contribution in [0.25, 0.3) is 10.9 Å². The van der Waals surface area contributed by atoms with Crippen LogP contribution < -0.4 is 5.32 Å². The summed E-state index contributed by atoms with van der Waals surface area (Å²) < 4.78 is 10.8. The van der Waals surface area contributed by atoms with Crippen molar-refractivity contribution in [3.63, 3.8) is 0 Å². The number of nitrogens with one attached hydrogen (secondary N) is 2. The summed E-state index contributed by atoms with van der Waals surface area (Å²) in [5.74, 6) is 1.32. The van der Waals surface area contributed by atoms with E-state index in [2.05, 4.69) is 40.4 Å². The average Bonchev–Trinajstić information content (AvgIpc) is 3.20. The Morgan fingerprint density at radius 1 is 1.29 bits per heavy atom. The summed E-state index contributed by atoms with van der Waals surface area (Å²) >= 11 is 0. The molecule has 0 spiro atoms. The Labute approximate surface area is 164 Å². The Hall–Kier alpha value is -2.83. The van der Waals surface area contributed by atoms with Gasteiger partial charge in [0.15, 0.2) is 5.82 Å². The summed E-state index contributed by atoms with van der Waals surface area (Å²) in [4.78, 5) is 20.0. The third-order valence-electron chi connectivity index (χ3n) is 4.21. The molecule has 1 atom stereocenters. The van der Waals surface area contributed by atoms with Gasteiger partial charge in [0.2, 0.25) is 5.89 Å². The third kappa shape index (κ3) is 5.12. The van der Waals surface area contributed by atoms with Gasteiger partial charge in [-0.25, -0.2) is 4.79 Å². The molecule has 3 aromatic rings. The molecule has 7 heteroatoms. The Bertz CT molecular complexity index is 936. The predicted octanol–water partition coefficient (Wildman–Crippen LogP) is 4.75. The number of carbonyl (C=O) groups is 1. The maximum Gasteiger partial charge on any atom is 0.408 e. The zero-order chi connectivity index (χ0) is 20.3. The van der Waals surface area contributed by atoms with Crippen molar-refractivity contribution in [2.75, 3.05) is 0 Å². The van der Waals surface area contributed by atoms with Gasteiger partial charge in [0.05, 0.1) is 12.5 Å². The van der Waals surface area contributed by atoms with Crippen molar-refractivity contribution in [2.45, 2.75) is 59.1 Å². The molecule has 0 unspecified atom stereocenters. The van der Waals surface area contributed by atoms with Crippen LogP contribution in [0, 0.1) is 5.92 Å². The molecule has 0 aliphatic heterocycles. The zero-order valence-electron chi connectivity index (χ0n) is 17.1. The minimum Gasteiger partial charge on any atom is -0.444 e. The number of aromatic nitrogens is 3. The van der Waals surface area contributed by atoms with Crippen molar-refractivity contribution in [1.29, 1.82) is 0 Å². The number of amides is 1. The van der Waals surface area contributed by atoms with Gasteiger partial charge in [-0.2, -0.15) is 4.98 Å². The lowest BCUT2D eigenvalue weighted by Crippen LogP contribution is -2.35. The Balaban J connectivity index is 1.75. The van der Waals surface area contributed by atoms with Gasteiger partial charge in [0.1, 0.15) is 5.60 Å². The van der Waals surface area contributed by atoms with E-state index in [1.807, 2.05) is 45.2 Å². The molecule has 0 aliphatic carbocycles. The van der Waals surface area contributed by atoms with Gasteiger partial charge in [-0.15, -0.1) is 0 Å². The van der Waals surface area contributed by atoms with Crippen molar-refractivity contribution < 1.29 is 14.1 Å². The Morgan fingerprint density at radius 3 is 2.75 bits per heavy atom. The number of rotatable bonds is 6. The van der Waals surface area contributed by atoms with E-state index < -0.39 is 11.7 Å². The van der Waals surface area contributed by atoms with Gasteiger partial charge < -0.3 is 19.6 Å². The zero-order valence-corrected chi connectivity index (χ0v) is 17.1. The lowest BCUT2D eigenvalue weighted by Gasteiger charge is -2.23. The van der Waals surface area contributed by atoms with Gasteiger partial charge in [-0.1, -0.05) is 37.2 Å². The third-order valence-corrected chi connectivity index (χ3v) is 4.21. The number of benzene rings is 1. The van der Waals surface area contributed by atoms with E-state index in [1.54, 1.807) is 0 Å². The molecule has 2 heterocycles. The number of hydrogen-bond acceptors (Lipinski definition) is 5. The minimum atomic E-state index is -0.565. The topological polar surface area (TPSA) is 93.0 Å². The fourth-order valence-electron chi connectivity index (χ4n) is 3.07. The summed E-state index contributed by atoms with van der Waals surface area (Å²) in [6.07, 6.45) is 2.68. The summed E-state index contributed by atoms with van der Waals surface area (Å²) in [6.45, 7) is 9.65. The fourth-order valence-corrected chi connectivity index (χ4v) is 3.07. The van der Waals surface area contributed by atoms with Crippen molar-refractivity contribution in [1.82, 2.24) is 20.4 Å². The van der Waals surface area contributed by atoms with Crippen molar-refractivity contribution in [3.8, 4) is 0 Å². The molecule has 0 bridgehead atoms. The van der Waals surface area contributed by atoms with E-state index >= 15 is 0 Å². The number of ether oxygens (including phenoxy) is 1. The molecule has 0 aliphatic rings. The molecule has 150 valence electrons. The maximum atomic E-state index is 12.2. The molecule has 7 nitrogen and oxygen atoms in total. The summed E-state index contributed by atoms with van der Waals surface area (Å²) in [7, 11) is 0. The summed E-state index contributed by atoms with van der Waals surface area (Å²) in [5, 5.41) is 8.12. The molecule has 2 N–H and O–H groups in total. The highest BCUT2D eigenvalue weighted by Crippen LogP contribution is 2.23. The minimum absolute atomic E-state index is 0.343. The van der Waals surface area contributed by atoms with Crippen LogP contribution in [0.5, 0.6) is 0 Å². The first-order valence-electron chi connectivity index (χ1n) is 9.58. The second kappa shape index (κ2) is 8.04. The Kier molecular flexibility index (Phi) is 5.72. The number of nitrogens with zero attached hydrogens (tertiary/aromatic N) is 2. The highest BCUT2D eigenvalue weighted by Gasteiger charge is 2.25.